The molecule has 0 radical (unpaired) electrons. The quantitative estimate of drug-likeness (QED) is 0.641. The van der Waals surface area contributed by atoms with Gasteiger partial charge in [-0.15, -0.1) is 0 Å². The molecule has 1 unspecified atom stereocenters. The number of carboxylic acid groups (broad SMARTS) is 1. The monoisotopic (exact) mass is 257 g/mol. The van der Waals surface area contributed by atoms with E-state index in [1.54, 1.807) is 19.0 Å². The highest BCUT2D eigenvalue weighted by Crippen LogP contribution is 2.09. The second-order valence-corrected chi connectivity index (χ2v) is 4.48. The van der Waals surface area contributed by atoms with Gasteiger partial charge in [0.05, 0.1) is 12.5 Å². The van der Waals surface area contributed by atoms with Gasteiger partial charge in [0.1, 0.15) is 0 Å². The van der Waals surface area contributed by atoms with Crippen LogP contribution in [0.2, 0.25) is 0 Å². The highest BCUT2D eigenvalue weighted by Gasteiger charge is 2.31. The summed E-state index contributed by atoms with van der Waals surface area (Å²) in [5.41, 5.74) is 0. The van der Waals surface area contributed by atoms with Gasteiger partial charge < -0.3 is 15.3 Å². The predicted molar refractivity (Wildman–Crippen MR) is 63.9 cm³/mol. The van der Waals surface area contributed by atoms with Crippen LogP contribution in [0.3, 0.4) is 0 Å². The zero-order chi connectivity index (χ0) is 13.7. The first-order chi connectivity index (χ1) is 8.41. The molecule has 7 nitrogen and oxygen atoms in total. The molecular weight excluding hydrogens is 238 g/mol. The molecule has 0 aliphatic carbocycles. The third kappa shape index (κ3) is 3.99. The Morgan fingerprint density at radius 2 is 2.17 bits per heavy atom. The van der Waals surface area contributed by atoms with Crippen molar-refractivity contribution in [2.45, 2.75) is 18.9 Å². The number of carbonyl (C=O) groups excluding carboxylic acids is 2. The minimum absolute atomic E-state index is 0.0324. The van der Waals surface area contributed by atoms with Crippen LogP contribution in [0, 0.1) is 0 Å². The van der Waals surface area contributed by atoms with Gasteiger partial charge in [-0.3, -0.25) is 19.3 Å². The summed E-state index contributed by atoms with van der Waals surface area (Å²) < 4.78 is 0. The number of amides is 2. The molecule has 1 heterocycles. The SMILES string of the molecule is CN(C)C(=O)CCN1CCNC(=O)C1CC(=O)O. The van der Waals surface area contributed by atoms with Crippen molar-refractivity contribution in [2.24, 2.45) is 0 Å². The van der Waals surface area contributed by atoms with Crippen LogP contribution in [0.5, 0.6) is 0 Å². The normalized spacial score (nSPS) is 20.3. The van der Waals surface area contributed by atoms with Gasteiger partial charge in [0.25, 0.3) is 0 Å². The Morgan fingerprint density at radius 1 is 1.50 bits per heavy atom. The van der Waals surface area contributed by atoms with Crippen molar-refractivity contribution in [3.05, 3.63) is 0 Å². The molecular formula is C11H19N3O4. The van der Waals surface area contributed by atoms with Crippen LogP contribution >= 0.6 is 0 Å². The van der Waals surface area contributed by atoms with Crippen molar-refractivity contribution in [1.29, 1.82) is 0 Å². The smallest absolute Gasteiger partial charge is 0.305 e. The van der Waals surface area contributed by atoms with Crippen molar-refractivity contribution >= 4 is 17.8 Å². The summed E-state index contributed by atoms with van der Waals surface area (Å²) in [7, 11) is 3.33. The summed E-state index contributed by atoms with van der Waals surface area (Å²) in [6, 6.07) is -0.675. The van der Waals surface area contributed by atoms with Crippen LogP contribution in [-0.4, -0.2) is 72.5 Å². The lowest BCUT2D eigenvalue weighted by molar-refractivity contribution is -0.143. The molecule has 0 aromatic heterocycles. The zero-order valence-corrected chi connectivity index (χ0v) is 10.7. The molecule has 0 saturated carbocycles. The lowest BCUT2D eigenvalue weighted by Gasteiger charge is -2.34. The van der Waals surface area contributed by atoms with Gasteiger partial charge in [0.2, 0.25) is 11.8 Å². The number of rotatable bonds is 5. The molecule has 2 N–H and O–H groups in total. The number of hydrogen-bond donors (Lipinski definition) is 2. The maximum absolute atomic E-state index is 11.6. The predicted octanol–water partition coefficient (Wildman–Crippen LogP) is -1.26. The molecule has 1 aliphatic rings. The van der Waals surface area contributed by atoms with E-state index >= 15 is 0 Å². The summed E-state index contributed by atoms with van der Waals surface area (Å²) in [5.74, 6) is -1.32. The molecule has 18 heavy (non-hydrogen) atoms. The molecule has 1 atom stereocenters. The Bertz CT molecular complexity index is 343. The maximum Gasteiger partial charge on any atom is 0.305 e. The first-order valence-electron chi connectivity index (χ1n) is 5.85. The van der Waals surface area contributed by atoms with Crippen LogP contribution in [0.15, 0.2) is 0 Å². The van der Waals surface area contributed by atoms with E-state index in [9.17, 15) is 14.4 Å². The molecule has 1 rings (SSSR count). The lowest BCUT2D eigenvalue weighted by Crippen LogP contribution is -2.56. The van der Waals surface area contributed by atoms with Gasteiger partial charge in [-0.1, -0.05) is 0 Å². The number of aliphatic carboxylic acids is 1. The Labute approximate surface area is 106 Å². The van der Waals surface area contributed by atoms with Crippen molar-refractivity contribution < 1.29 is 19.5 Å². The third-order valence-electron chi connectivity index (χ3n) is 2.92. The van der Waals surface area contributed by atoms with E-state index in [4.69, 9.17) is 5.11 Å². The van der Waals surface area contributed by atoms with Crippen LogP contribution in [0.25, 0.3) is 0 Å². The topological polar surface area (TPSA) is 90.0 Å². The van der Waals surface area contributed by atoms with E-state index in [2.05, 4.69) is 5.32 Å². The number of carboxylic acids is 1. The minimum atomic E-state index is -1.01. The Morgan fingerprint density at radius 3 is 2.72 bits per heavy atom. The molecule has 1 saturated heterocycles. The van der Waals surface area contributed by atoms with Crippen LogP contribution in [0.4, 0.5) is 0 Å². The van der Waals surface area contributed by atoms with Crippen molar-refractivity contribution in [2.75, 3.05) is 33.7 Å². The van der Waals surface area contributed by atoms with Gasteiger partial charge in [0, 0.05) is 40.2 Å². The summed E-state index contributed by atoms with van der Waals surface area (Å²) in [6.45, 7) is 1.47. The Kier molecular flexibility index (Phi) is 5.08. The molecule has 1 aliphatic heterocycles. The molecule has 0 aromatic rings. The number of carbonyl (C=O) groups is 3. The fourth-order valence-electron chi connectivity index (χ4n) is 1.88. The van der Waals surface area contributed by atoms with Gasteiger partial charge in [-0.2, -0.15) is 0 Å². The molecule has 0 aromatic carbocycles. The highest BCUT2D eigenvalue weighted by molar-refractivity contribution is 5.86. The molecule has 1 fully saturated rings. The van der Waals surface area contributed by atoms with E-state index in [0.717, 1.165) is 0 Å². The number of nitrogens with zero attached hydrogens (tertiary/aromatic N) is 2. The Balaban J connectivity index is 2.57. The number of nitrogens with one attached hydrogen (secondary N) is 1. The molecule has 102 valence electrons. The second kappa shape index (κ2) is 6.34. The molecule has 2 amide bonds. The van der Waals surface area contributed by atoms with E-state index in [1.165, 1.54) is 4.90 Å². The second-order valence-electron chi connectivity index (χ2n) is 4.48. The van der Waals surface area contributed by atoms with E-state index < -0.39 is 12.0 Å². The van der Waals surface area contributed by atoms with Crippen molar-refractivity contribution in [3.8, 4) is 0 Å². The lowest BCUT2D eigenvalue weighted by atomic mass is 10.1. The van der Waals surface area contributed by atoms with Crippen LogP contribution in [0.1, 0.15) is 12.8 Å². The first kappa shape index (κ1) is 14.4. The summed E-state index contributed by atoms with van der Waals surface area (Å²) in [5, 5.41) is 11.4. The van der Waals surface area contributed by atoms with Crippen molar-refractivity contribution in [3.63, 3.8) is 0 Å². The van der Waals surface area contributed by atoms with Crippen LogP contribution < -0.4 is 5.32 Å². The van der Waals surface area contributed by atoms with Gasteiger partial charge in [-0.25, -0.2) is 0 Å². The maximum atomic E-state index is 11.6. The molecule has 0 spiro atoms. The molecule has 7 heteroatoms. The van der Waals surface area contributed by atoms with Crippen molar-refractivity contribution in [1.82, 2.24) is 15.1 Å². The average Bonchev–Trinajstić information content (AvgIpc) is 2.28. The van der Waals surface area contributed by atoms with Crippen LogP contribution in [-0.2, 0) is 14.4 Å². The third-order valence-corrected chi connectivity index (χ3v) is 2.92. The molecule has 0 bridgehead atoms. The average molecular weight is 257 g/mol. The van der Waals surface area contributed by atoms with E-state index in [0.29, 0.717) is 19.6 Å². The van der Waals surface area contributed by atoms with E-state index in [-0.39, 0.29) is 24.7 Å². The fourth-order valence-corrected chi connectivity index (χ4v) is 1.88. The fraction of sp³-hybridized carbons (Fsp3) is 0.727. The summed E-state index contributed by atoms with van der Waals surface area (Å²) in [4.78, 5) is 37.0. The standard InChI is InChI=1S/C11H19N3O4/c1-13(2)9(15)3-5-14-6-4-12-11(18)8(14)7-10(16)17/h8H,3-7H2,1-2H3,(H,12,18)(H,16,17). The number of piperazine rings is 1. The zero-order valence-electron chi connectivity index (χ0n) is 10.7. The largest absolute Gasteiger partial charge is 0.481 e. The first-order valence-corrected chi connectivity index (χ1v) is 5.85. The summed E-state index contributed by atoms with van der Waals surface area (Å²) in [6.07, 6.45) is 0.0540. The summed E-state index contributed by atoms with van der Waals surface area (Å²) >= 11 is 0. The van der Waals surface area contributed by atoms with Gasteiger partial charge >= 0.3 is 5.97 Å². The highest BCUT2D eigenvalue weighted by atomic mass is 16.4. The van der Waals surface area contributed by atoms with E-state index in [1.807, 2.05) is 0 Å². The number of hydrogen-bond acceptors (Lipinski definition) is 4. The Hall–Kier alpha value is -1.63. The van der Waals surface area contributed by atoms with Gasteiger partial charge in [0.15, 0.2) is 0 Å². The van der Waals surface area contributed by atoms with Gasteiger partial charge in [-0.05, 0) is 0 Å². The minimum Gasteiger partial charge on any atom is -0.481 e.